The number of hydrogen-bond acceptors (Lipinski definition) is 7. The Bertz CT molecular complexity index is 979. The van der Waals surface area contributed by atoms with E-state index in [-0.39, 0.29) is 34.3 Å². The van der Waals surface area contributed by atoms with Gasteiger partial charge in [0.15, 0.2) is 5.69 Å². The largest absolute Gasteiger partial charge is 0.416 e. The van der Waals surface area contributed by atoms with Crippen LogP contribution in [0.4, 0.5) is 18.9 Å². The number of benzene rings is 1. The Kier molecular flexibility index (Phi) is 6.82. The van der Waals surface area contributed by atoms with E-state index in [1.54, 1.807) is 0 Å². The number of aliphatic hydroxyl groups is 1. The summed E-state index contributed by atoms with van der Waals surface area (Å²) in [6.45, 7) is -0.146. The van der Waals surface area contributed by atoms with Crippen molar-refractivity contribution < 1.29 is 36.2 Å². The van der Waals surface area contributed by atoms with Gasteiger partial charge in [-0.2, -0.15) is 13.2 Å². The number of nitrogen functional groups attached to an aromatic ring is 1. The van der Waals surface area contributed by atoms with Crippen LogP contribution >= 0.6 is 0 Å². The van der Waals surface area contributed by atoms with Crippen molar-refractivity contribution in [3.05, 3.63) is 47.8 Å². The number of nitrogens with one attached hydrogen (secondary N) is 1. The highest BCUT2D eigenvalue weighted by molar-refractivity contribution is 7.91. The van der Waals surface area contributed by atoms with Gasteiger partial charge in [-0.1, -0.05) is 0 Å². The Morgan fingerprint density at radius 1 is 1.28 bits per heavy atom. The number of nitrogens with two attached hydrogens (primary N) is 1. The fourth-order valence-corrected chi connectivity index (χ4v) is 3.54. The third-order valence-electron chi connectivity index (χ3n) is 3.77. The molecule has 1 heterocycles. The molecule has 1 atom stereocenters. The number of aromatic nitrogens is 1. The normalized spacial score (nSPS) is 13.1. The topological polar surface area (TPSA) is 132 Å². The van der Waals surface area contributed by atoms with Crippen molar-refractivity contribution in [1.82, 2.24) is 10.3 Å². The summed E-state index contributed by atoms with van der Waals surface area (Å²) in [5.74, 6) is -0.740. The number of methoxy groups -OCH3 is 1. The molecule has 0 bridgehead atoms. The summed E-state index contributed by atoms with van der Waals surface area (Å²) in [6.07, 6.45) is -4.67. The maximum atomic E-state index is 12.6. The molecule has 29 heavy (non-hydrogen) atoms. The van der Waals surface area contributed by atoms with Gasteiger partial charge in [0.1, 0.15) is 0 Å². The van der Waals surface area contributed by atoms with Crippen LogP contribution in [0, 0.1) is 0 Å². The van der Waals surface area contributed by atoms with Gasteiger partial charge in [0.25, 0.3) is 5.91 Å². The van der Waals surface area contributed by atoms with E-state index < -0.39 is 33.6 Å². The average molecular weight is 433 g/mol. The highest BCUT2D eigenvalue weighted by Gasteiger charge is 2.31. The maximum absolute atomic E-state index is 12.6. The number of halogens is 3. The lowest BCUT2D eigenvalue weighted by Crippen LogP contribution is -2.35. The molecule has 1 unspecified atom stereocenters. The van der Waals surface area contributed by atoms with Gasteiger partial charge in [-0.05, 0) is 30.3 Å². The van der Waals surface area contributed by atoms with Crippen molar-refractivity contribution >= 4 is 21.4 Å². The highest BCUT2D eigenvalue weighted by Crippen LogP contribution is 2.31. The predicted octanol–water partition coefficient (Wildman–Crippen LogP) is 1.25. The van der Waals surface area contributed by atoms with Crippen LogP contribution in [-0.2, 0) is 20.8 Å². The second-order valence-corrected chi connectivity index (χ2v) is 7.90. The monoisotopic (exact) mass is 433 g/mol. The molecule has 0 saturated heterocycles. The molecule has 4 N–H and O–H groups in total. The molecule has 0 spiro atoms. The first-order valence-corrected chi connectivity index (χ1v) is 9.58. The van der Waals surface area contributed by atoms with Gasteiger partial charge >= 0.3 is 6.18 Å². The molecule has 12 heteroatoms. The van der Waals surface area contributed by atoms with Gasteiger partial charge in [0.2, 0.25) is 9.84 Å². The summed E-state index contributed by atoms with van der Waals surface area (Å²) in [5.41, 5.74) is 4.21. The van der Waals surface area contributed by atoms with Crippen LogP contribution in [0.5, 0.6) is 0 Å². The van der Waals surface area contributed by atoms with E-state index in [1.165, 1.54) is 7.11 Å². The van der Waals surface area contributed by atoms with Crippen LogP contribution in [-0.4, -0.2) is 50.8 Å². The first-order chi connectivity index (χ1) is 13.5. The number of carbonyl (C=O) groups is 1. The van der Waals surface area contributed by atoms with E-state index in [2.05, 4.69) is 10.3 Å². The average Bonchev–Trinajstić information content (AvgIpc) is 2.65. The van der Waals surface area contributed by atoms with Crippen LogP contribution in [0.25, 0.3) is 0 Å². The number of aliphatic hydroxyl groups excluding tert-OH is 1. The number of anilines is 1. The Morgan fingerprint density at radius 2 is 1.90 bits per heavy atom. The zero-order valence-corrected chi connectivity index (χ0v) is 15.9. The van der Waals surface area contributed by atoms with E-state index >= 15 is 0 Å². The van der Waals surface area contributed by atoms with Crippen molar-refractivity contribution in [2.75, 3.05) is 26.0 Å². The van der Waals surface area contributed by atoms with E-state index in [9.17, 15) is 31.5 Å². The Morgan fingerprint density at radius 3 is 2.41 bits per heavy atom. The number of alkyl halides is 3. The molecule has 0 aliphatic rings. The van der Waals surface area contributed by atoms with Crippen molar-refractivity contribution in [2.45, 2.75) is 22.1 Å². The number of amides is 1. The lowest BCUT2D eigenvalue weighted by atomic mass is 10.2. The van der Waals surface area contributed by atoms with Crippen LogP contribution in [0.3, 0.4) is 0 Å². The molecule has 2 rings (SSSR count). The molecule has 0 fully saturated rings. The zero-order valence-electron chi connectivity index (χ0n) is 15.1. The smallest absolute Gasteiger partial charge is 0.397 e. The van der Waals surface area contributed by atoms with Crippen LogP contribution in [0.1, 0.15) is 16.1 Å². The van der Waals surface area contributed by atoms with Gasteiger partial charge in [-0.25, -0.2) is 13.4 Å². The molecule has 0 saturated carbocycles. The van der Waals surface area contributed by atoms with E-state index in [4.69, 9.17) is 10.5 Å². The van der Waals surface area contributed by atoms with Crippen LogP contribution in [0.15, 0.2) is 46.3 Å². The third kappa shape index (κ3) is 5.43. The lowest BCUT2D eigenvalue weighted by Gasteiger charge is -2.12. The fourth-order valence-electron chi connectivity index (χ4n) is 2.30. The predicted molar refractivity (Wildman–Crippen MR) is 95.8 cm³/mol. The van der Waals surface area contributed by atoms with Crippen molar-refractivity contribution in [1.29, 1.82) is 0 Å². The van der Waals surface area contributed by atoms with Crippen LogP contribution < -0.4 is 11.1 Å². The van der Waals surface area contributed by atoms with Crippen molar-refractivity contribution in [3.8, 4) is 0 Å². The Labute approximate surface area is 164 Å². The highest BCUT2D eigenvalue weighted by atomic mass is 32.2. The lowest BCUT2D eigenvalue weighted by molar-refractivity contribution is -0.137. The first-order valence-electron chi connectivity index (χ1n) is 8.10. The Hall–Kier alpha value is -2.70. The summed E-state index contributed by atoms with van der Waals surface area (Å²) >= 11 is 0. The first kappa shape index (κ1) is 22.6. The minimum absolute atomic E-state index is 0.00645. The molecule has 8 nitrogen and oxygen atoms in total. The number of ether oxygens (including phenoxy) is 1. The van der Waals surface area contributed by atoms with Gasteiger partial charge in [-0.3, -0.25) is 4.79 Å². The van der Waals surface area contributed by atoms with E-state index in [0.29, 0.717) is 12.1 Å². The van der Waals surface area contributed by atoms with Gasteiger partial charge in [0, 0.05) is 19.9 Å². The summed E-state index contributed by atoms with van der Waals surface area (Å²) < 4.78 is 67.8. The third-order valence-corrected chi connectivity index (χ3v) is 5.50. The molecule has 2 aromatic rings. The van der Waals surface area contributed by atoms with Crippen molar-refractivity contribution in [2.24, 2.45) is 0 Å². The molecular weight excluding hydrogens is 415 g/mol. The Balaban J connectivity index is 2.23. The fraction of sp³-hybridized carbons (Fsp3) is 0.294. The van der Waals surface area contributed by atoms with E-state index in [1.807, 2.05) is 0 Å². The minimum Gasteiger partial charge on any atom is -0.397 e. The number of rotatable bonds is 7. The van der Waals surface area contributed by atoms with Gasteiger partial charge in [0.05, 0.1) is 33.8 Å². The zero-order chi connectivity index (χ0) is 21.8. The van der Waals surface area contributed by atoms with Gasteiger partial charge < -0.3 is 20.9 Å². The molecule has 1 aromatic heterocycles. The SMILES string of the molecule is COCC(O)CNC(=O)c1ncc(S(=O)(=O)c2ccc(C(F)(F)F)cc2)cc1N. The maximum Gasteiger partial charge on any atom is 0.416 e. The molecule has 1 amide bonds. The quantitative estimate of drug-likeness (QED) is 0.599. The minimum atomic E-state index is -4.60. The standard InChI is InChI=1S/C17H18F3N3O5S/c1-28-9-11(24)7-23-16(25)15-14(21)6-13(8-22-15)29(26,27)12-4-2-10(3-5-12)17(18,19)20/h2-6,8,11,24H,7,9,21H2,1H3,(H,23,25). The summed E-state index contributed by atoms with van der Waals surface area (Å²) in [6, 6.07) is 3.94. The second kappa shape index (κ2) is 8.76. The summed E-state index contributed by atoms with van der Waals surface area (Å²) in [4.78, 5) is 15.1. The molecule has 1 aromatic carbocycles. The molecule has 0 radical (unpaired) electrons. The number of sulfone groups is 1. The summed E-state index contributed by atoms with van der Waals surface area (Å²) in [5, 5.41) is 11.9. The van der Waals surface area contributed by atoms with Gasteiger partial charge in [-0.15, -0.1) is 0 Å². The molecular formula is C17H18F3N3O5S. The number of nitrogens with zero attached hydrogens (tertiary/aromatic N) is 1. The molecule has 158 valence electrons. The van der Waals surface area contributed by atoms with Crippen molar-refractivity contribution in [3.63, 3.8) is 0 Å². The number of pyridine rings is 1. The van der Waals surface area contributed by atoms with E-state index in [0.717, 1.165) is 24.4 Å². The number of hydrogen-bond donors (Lipinski definition) is 3. The molecule has 0 aliphatic carbocycles. The molecule has 0 aliphatic heterocycles. The summed E-state index contributed by atoms with van der Waals surface area (Å²) in [7, 11) is -2.82. The second-order valence-electron chi connectivity index (χ2n) is 5.95. The number of carbonyl (C=O) groups excluding carboxylic acids is 1. The van der Waals surface area contributed by atoms with Crippen LogP contribution in [0.2, 0.25) is 0 Å².